The predicted octanol–water partition coefficient (Wildman–Crippen LogP) is 3.24. The van der Waals surface area contributed by atoms with Gasteiger partial charge in [0.1, 0.15) is 6.61 Å². The summed E-state index contributed by atoms with van der Waals surface area (Å²) >= 11 is 0. The van der Waals surface area contributed by atoms with E-state index in [1.165, 1.54) is 32.1 Å². The lowest BCUT2D eigenvalue weighted by Crippen LogP contribution is -2.34. The molecule has 268 valence electrons. The highest BCUT2D eigenvalue weighted by Crippen LogP contribution is 2.12. The summed E-state index contributed by atoms with van der Waals surface area (Å²) in [6, 6.07) is -0.0692. The standard InChI is InChI=1S/C33H62N4O9/c1-3-29(38)34-19-22-44-23-21-36-32(41)27-46-26-25-45-24-20-35-30(39)18-17-28(2)37-31(40)15-13-11-9-7-5-4-6-8-10-12-14-16-33(42)43/h28H,3-27H2,1-2H3,(H,34,38)(H,35,39)(H,36,41)(H,37,40)(H,42,43)/t28-/m0/s1. The molecule has 0 heterocycles. The van der Waals surface area contributed by atoms with Crippen molar-refractivity contribution in [2.75, 3.05) is 59.3 Å². The average molecular weight is 659 g/mol. The number of carboxylic acid groups (broad SMARTS) is 1. The highest BCUT2D eigenvalue weighted by molar-refractivity contribution is 5.77. The second kappa shape index (κ2) is 32.2. The molecule has 0 unspecified atom stereocenters. The van der Waals surface area contributed by atoms with Crippen LogP contribution in [-0.2, 0) is 38.2 Å². The van der Waals surface area contributed by atoms with Gasteiger partial charge in [-0.15, -0.1) is 0 Å². The minimum absolute atomic E-state index is 0.0243. The number of hydrogen-bond acceptors (Lipinski definition) is 8. The Balaban J connectivity index is 3.48. The molecule has 0 saturated heterocycles. The summed E-state index contributed by atoms with van der Waals surface area (Å²) in [5.41, 5.74) is 0. The maximum atomic E-state index is 12.2. The van der Waals surface area contributed by atoms with E-state index in [0.29, 0.717) is 71.7 Å². The molecule has 0 aromatic heterocycles. The van der Waals surface area contributed by atoms with Crippen LogP contribution in [0, 0.1) is 0 Å². The summed E-state index contributed by atoms with van der Waals surface area (Å²) in [6.07, 6.45) is 14.1. The first-order valence-electron chi connectivity index (χ1n) is 17.3. The SMILES string of the molecule is CCC(=O)NCCOCCNC(=O)COCCOCCNC(=O)CC[C@H](C)NC(=O)CCCCCCCCCCCCCC(=O)O. The normalized spacial score (nSPS) is 11.5. The van der Waals surface area contributed by atoms with Crippen LogP contribution >= 0.6 is 0 Å². The molecule has 0 aromatic carbocycles. The van der Waals surface area contributed by atoms with E-state index >= 15 is 0 Å². The maximum Gasteiger partial charge on any atom is 0.303 e. The average Bonchev–Trinajstić information content (AvgIpc) is 3.02. The van der Waals surface area contributed by atoms with Crippen molar-refractivity contribution >= 4 is 29.6 Å². The Morgan fingerprint density at radius 3 is 1.54 bits per heavy atom. The monoisotopic (exact) mass is 658 g/mol. The fraction of sp³-hybridized carbons (Fsp3) is 0.848. The van der Waals surface area contributed by atoms with Gasteiger partial charge in [0.2, 0.25) is 23.6 Å². The zero-order valence-electron chi connectivity index (χ0n) is 28.5. The largest absolute Gasteiger partial charge is 0.481 e. The molecule has 0 bridgehead atoms. The van der Waals surface area contributed by atoms with Gasteiger partial charge in [0, 0.05) is 51.4 Å². The second-order valence-corrected chi connectivity index (χ2v) is 11.5. The van der Waals surface area contributed by atoms with Crippen LogP contribution in [0.15, 0.2) is 0 Å². The van der Waals surface area contributed by atoms with Crippen LogP contribution in [0.4, 0.5) is 0 Å². The fourth-order valence-electron chi connectivity index (χ4n) is 4.46. The van der Waals surface area contributed by atoms with E-state index in [9.17, 15) is 24.0 Å². The summed E-state index contributed by atoms with van der Waals surface area (Å²) in [5.74, 6) is -1.04. The van der Waals surface area contributed by atoms with Gasteiger partial charge in [-0.2, -0.15) is 0 Å². The molecule has 4 amide bonds. The lowest BCUT2D eigenvalue weighted by molar-refractivity contribution is -0.137. The van der Waals surface area contributed by atoms with Gasteiger partial charge in [-0.1, -0.05) is 64.7 Å². The predicted molar refractivity (Wildman–Crippen MR) is 176 cm³/mol. The van der Waals surface area contributed by atoms with Crippen LogP contribution in [0.1, 0.15) is 117 Å². The van der Waals surface area contributed by atoms with Crippen LogP contribution in [0.5, 0.6) is 0 Å². The number of rotatable bonds is 33. The third-order valence-electron chi connectivity index (χ3n) is 7.14. The topological polar surface area (TPSA) is 181 Å². The quantitative estimate of drug-likeness (QED) is 0.0662. The first-order chi connectivity index (χ1) is 22.2. The first kappa shape index (κ1) is 43.2. The molecular formula is C33H62N4O9. The Hall–Kier alpha value is -2.77. The number of hydrogen-bond donors (Lipinski definition) is 5. The summed E-state index contributed by atoms with van der Waals surface area (Å²) in [4.78, 5) is 57.5. The van der Waals surface area contributed by atoms with Crippen molar-refractivity contribution in [3.63, 3.8) is 0 Å². The Morgan fingerprint density at radius 1 is 0.543 bits per heavy atom. The number of carbonyl (C=O) groups excluding carboxylic acids is 4. The van der Waals surface area contributed by atoms with E-state index in [1.54, 1.807) is 6.92 Å². The van der Waals surface area contributed by atoms with Crippen molar-refractivity contribution in [3.8, 4) is 0 Å². The van der Waals surface area contributed by atoms with E-state index < -0.39 is 5.97 Å². The third-order valence-corrected chi connectivity index (χ3v) is 7.14. The number of carbonyl (C=O) groups is 5. The molecule has 1 atom stereocenters. The van der Waals surface area contributed by atoms with E-state index in [-0.39, 0.29) is 49.3 Å². The van der Waals surface area contributed by atoms with Crippen molar-refractivity contribution in [3.05, 3.63) is 0 Å². The van der Waals surface area contributed by atoms with Gasteiger partial charge in [-0.05, 0) is 26.2 Å². The summed E-state index contributed by atoms with van der Waals surface area (Å²) in [5, 5.41) is 19.8. The molecule has 46 heavy (non-hydrogen) atoms. The number of aliphatic carboxylic acids is 1. The molecular weight excluding hydrogens is 596 g/mol. The molecule has 0 spiro atoms. The first-order valence-corrected chi connectivity index (χ1v) is 17.3. The van der Waals surface area contributed by atoms with Gasteiger partial charge in [0.25, 0.3) is 0 Å². The molecule has 0 aliphatic heterocycles. The number of carboxylic acids is 1. The van der Waals surface area contributed by atoms with E-state index in [4.69, 9.17) is 19.3 Å². The number of ether oxygens (including phenoxy) is 3. The van der Waals surface area contributed by atoms with Gasteiger partial charge < -0.3 is 40.6 Å². The molecule has 13 heteroatoms. The Labute approximate surface area is 276 Å². The zero-order chi connectivity index (χ0) is 34.1. The molecule has 0 saturated carbocycles. The molecule has 0 aliphatic rings. The van der Waals surface area contributed by atoms with Gasteiger partial charge in [-0.3, -0.25) is 24.0 Å². The van der Waals surface area contributed by atoms with E-state index in [1.807, 2.05) is 6.92 Å². The highest BCUT2D eigenvalue weighted by Gasteiger charge is 2.10. The number of amides is 4. The molecule has 5 N–H and O–H groups in total. The minimum Gasteiger partial charge on any atom is -0.481 e. The Morgan fingerprint density at radius 2 is 1.00 bits per heavy atom. The summed E-state index contributed by atoms with van der Waals surface area (Å²) < 4.78 is 16.0. The fourth-order valence-corrected chi connectivity index (χ4v) is 4.46. The molecule has 0 aromatic rings. The van der Waals surface area contributed by atoms with E-state index in [0.717, 1.165) is 38.5 Å². The van der Waals surface area contributed by atoms with Crippen LogP contribution < -0.4 is 21.3 Å². The summed E-state index contributed by atoms with van der Waals surface area (Å²) in [7, 11) is 0. The highest BCUT2D eigenvalue weighted by atomic mass is 16.5. The van der Waals surface area contributed by atoms with Gasteiger partial charge in [-0.25, -0.2) is 0 Å². The van der Waals surface area contributed by atoms with Gasteiger partial charge >= 0.3 is 5.97 Å². The van der Waals surface area contributed by atoms with E-state index in [2.05, 4.69) is 21.3 Å². The van der Waals surface area contributed by atoms with Crippen molar-refractivity contribution in [1.29, 1.82) is 0 Å². The second-order valence-electron chi connectivity index (χ2n) is 11.5. The Kier molecular flexibility index (Phi) is 30.2. The number of nitrogens with one attached hydrogen (secondary N) is 4. The number of unbranched alkanes of at least 4 members (excludes halogenated alkanes) is 10. The van der Waals surface area contributed by atoms with Crippen molar-refractivity contribution < 1.29 is 43.3 Å². The van der Waals surface area contributed by atoms with Crippen molar-refractivity contribution in [1.82, 2.24) is 21.3 Å². The Bertz CT molecular complexity index is 814. The maximum absolute atomic E-state index is 12.2. The third kappa shape index (κ3) is 32.6. The van der Waals surface area contributed by atoms with Crippen molar-refractivity contribution in [2.24, 2.45) is 0 Å². The molecule has 0 rings (SSSR count). The van der Waals surface area contributed by atoms with Crippen LogP contribution in [0.2, 0.25) is 0 Å². The molecule has 0 fully saturated rings. The zero-order valence-corrected chi connectivity index (χ0v) is 28.5. The minimum atomic E-state index is -0.708. The smallest absolute Gasteiger partial charge is 0.303 e. The van der Waals surface area contributed by atoms with Gasteiger partial charge in [0.05, 0.1) is 33.0 Å². The lowest BCUT2D eigenvalue weighted by Gasteiger charge is -2.14. The van der Waals surface area contributed by atoms with Crippen molar-refractivity contribution in [2.45, 2.75) is 123 Å². The van der Waals surface area contributed by atoms with Gasteiger partial charge in [0.15, 0.2) is 0 Å². The molecule has 0 aliphatic carbocycles. The molecule has 0 radical (unpaired) electrons. The van der Waals surface area contributed by atoms with Crippen LogP contribution in [0.25, 0.3) is 0 Å². The molecule has 13 nitrogen and oxygen atoms in total. The summed E-state index contributed by atoms with van der Waals surface area (Å²) in [6.45, 7) is 6.41. The van der Waals surface area contributed by atoms with Crippen LogP contribution in [-0.4, -0.2) is 100 Å². The lowest BCUT2D eigenvalue weighted by atomic mass is 10.0. The van der Waals surface area contributed by atoms with Crippen LogP contribution in [0.3, 0.4) is 0 Å².